The molecule has 0 aromatic rings. The highest BCUT2D eigenvalue weighted by molar-refractivity contribution is 4.95. The first-order valence-electron chi connectivity index (χ1n) is 5.31. The van der Waals surface area contributed by atoms with Crippen molar-refractivity contribution in [2.24, 2.45) is 11.7 Å². The number of hydrogen-bond acceptors (Lipinski definition) is 2. The fraction of sp³-hybridized carbons (Fsp3) is 1.00. The van der Waals surface area contributed by atoms with Crippen LogP contribution < -0.4 is 5.73 Å². The summed E-state index contributed by atoms with van der Waals surface area (Å²) < 4.78 is 0. The molecule has 3 rings (SSSR count). The van der Waals surface area contributed by atoms with Crippen LogP contribution in [0.5, 0.6) is 0 Å². The molecule has 2 saturated heterocycles. The fourth-order valence-corrected chi connectivity index (χ4v) is 2.91. The van der Waals surface area contributed by atoms with E-state index >= 15 is 0 Å². The minimum absolute atomic E-state index is 0.476. The SMILES string of the molecule is CCCN1C[C@H]2CC[C@@H]1[C@@H](N)C2. The van der Waals surface area contributed by atoms with Crippen molar-refractivity contribution in [3.05, 3.63) is 0 Å². The Morgan fingerprint density at radius 1 is 1.42 bits per heavy atom. The van der Waals surface area contributed by atoms with Gasteiger partial charge in [0.2, 0.25) is 0 Å². The van der Waals surface area contributed by atoms with E-state index in [1.807, 2.05) is 0 Å². The van der Waals surface area contributed by atoms with Crippen molar-refractivity contribution in [3.63, 3.8) is 0 Å². The summed E-state index contributed by atoms with van der Waals surface area (Å²) in [6, 6.07) is 1.19. The Morgan fingerprint density at radius 3 is 2.83 bits per heavy atom. The first kappa shape index (κ1) is 8.52. The summed E-state index contributed by atoms with van der Waals surface area (Å²) in [5.74, 6) is 0.913. The maximum Gasteiger partial charge on any atom is 0.0247 e. The summed E-state index contributed by atoms with van der Waals surface area (Å²) in [4.78, 5) is 2.61. The molecule has 0 unspecified atom stereocenters. The lowest BCUT2D eigenvalue weighted by Gasteiger charge is -2.48. The predicted molar refractivity (Wildman–Crippen MR) is 51.0 cm³/mol. The highest BCUT2D eigenvalue weighted by atomic mass is 15.2. The highest BCUT2D eigenvalue weighted by Crippen LogP contribution is 2.33. The molecule has 2 N–H and O–H groups in total. The van der Waals surface area contributed by atoms with Crippen molar-refractivity contribution in [2.45, 2.75) is 44.7 Å². The molecule has 3 atom stereocenters. The van der Waals surface area contributed by atoms with Crippen LogP contribution in [0.25, 0.3) is 0 Å². The van der Waals surface area contributed by atoms with Crippen molar-refractivity contribution in [3.8, 4) is 0 Å². The number of piperidine rings is 2. The Hall–Kier alpha value is -0.0800. The molecule has 2 aliphatic heterocycles. The molecule has 2 heterocycles. The fourth-order valence-electron chi connectivity index (χ4n) is 2.91. The number of nitrogens with two attached hydrogens (primary N) is 1. The van der Waals surface area contributed by atoms with E-state index in [0.717, 1.165) is 12.0 Å². The van der Waals surface area contributed by atoms with Crippen molar-refractivity contribution in [2.75, 3.05) is 13.1 Å². The van der Waals surface area contributed by atoms with Gasteiger partial charge in [-0.05, 0) is 38.1 Å². The zero-order chi connectivity index (χ0) is 8.55. The molecule has 0 spiro atoms. The predicted octanol–water partition coefficient (Wildman–Crippen LogP) is 1.21. The largest absolute Gasteiger partial charge is 0.326 e. The molecular weight excluding hydrogens is 148 g/mol. The topological polar surface area (TPSA) is 29.3 Å². The zero-order valence-corrected chi connectivity index (χ0v) is 8.00. The minimum atomic E-state index is 0.476. The van der Waals surface area contributed by atoms with Gasteiger partial charge in [-0.2, -0.15) is 0 Å². The minimum Gasteiger partial charge on any atom is -0.326 e. The number of hydrogen-bond donors (Lipinski definition) is 1. The van der Waals surface area contributed by atoms with Gasteiger partial charge in [-0.15, -0.1) is 0 Å². The normalized spacial score (nSPS) is 42.0. The van der Waals surface area contributed by atoms with E-state index in [0.29, 0.717) is 6.04 Å². The van der Waals surface area contributed by atoms with Crippen LogP contribution in [0, 0.1) is 5.92 Å². The molecule has 3 fully saturated rings. The smallest absolute Gasteiger partial charge is 0.0247 e. The zero-order valence-electron chi connectivity index (χ0n) is 8.00. The second-order valence-electron chi connectivity index (χ2n) is 4.41. The molecular formula is C10H20N2. The van der Waals surface area contributed by atoms with Crippen LogP contribution in [0.15, 0.2) is 0 Å². The number of rotatable bonds is 2. The average Bonchev–Trinajstić information content (AvgIpc) is 2.05. The molecule has 2 nitrogen and oxygen atoms in total. The molecule has 3 aliphatic rings. The summed E-state index contributed by atoms with van der Waals surface area (Å²) in [6.07, 6.45) is 5.34. The van der Waals surface area contributed by atoms with E-state index in [1.54, 1.807) is 0 Å². The highest BCUT2D eigenvalue weighted by Gasteiger charge is 2.38. The van der Waals surface area contributed by atoms with Gasteiger partial charge in [0.1, 0.15) is 0 Å². The van der Waals surface area contributed by atoms with Crippen LogP contribution in [0.3, 0.4) is 0 Å². The van der Waals surface area contributed by atoms with Gasteiger partial charge >= 0.3 is 0 Å². The summed E-state index contributed by atoms with van der Waals surface area (Å²) in [5.41, 5.74) is 6.10. The third-order valence-electron chi connectivity index (χ3n) is 3.44. The third kappa shape index (κ3) is 1.38. The first-order chi connectivity index (χ1) is 5.81. The van der Waals surface area contributed by atoms with Crippen molar-refractivity contribution in [1.82, 2.24) is 4.90 Å². The van der Waals surface area contributed by atoms with Gasteiger partial charge in [-0.3, -0.25) is 4.90 Å². The third-order valence-corrected chi connectivity index (χ3v) is 3.44. The summed E-state index contributed by atoms with van der Waals surface area (Å²) in [6.45, 7) is 4.84. The first-order valence-corrected chi connectivity index (χ1v) is 5.31. The Morgan fingerprint density at radius 2 is 2.25 bits per heavy atom. The molecule has 0 radical (unpaired) electrons. The molecule has 12 heavy (non-hydrogen) atoms. The van der Waals surface area contributed by atoms with Crippen LogP contribution in [-0.2, 0) is 0 Å². The van der Waals surface area contributed by atoms with E-state index in [-0.39, 0.29) is 0 Å². The van der Waals surface area contributed by atoms with Crippen molar-refractivity contribution >= 4 is 0 Å². The lowest BCUT2D eigenvalue weighted by molar-refractivity contribution is 0.0326. The summed E-state index contributed by atoms with van der Waals surface area (Å²) >= 11 is 0. The van der Waals surface area contributed by atoms with Gasteiger partial charge in [-0.25, -0.2) is 0 Å². The molecule has 1 saturated carbocycles. The van der Waals surface area contributed by atoms with E-state index < -0.39 is 0 Å². The lowest BCUT2D eigenvalue weighted by atomic mass is 9.77. The Bertz CT molecular complexity index is 158. The lowest BCUT2D eigenvalue weighted by Crippen LogP contribution is -2.58. The molecule has 2 bridgehead atoms. The standard InChI is InChI=1S/C10H20N2/c1-2-5-12-7-8-3-4-10(12)9(11)6-8/h8-10H,2-7,11H2,1H3/t8-,9-,10+/m0/s1. The van der Waals surface area contributed by atoms with Gasteiger partial charge in [0.15, 0.2) is 0 Å². The van der Waals surface area contributed by atoms with E-state index in [1.165, 1.54) is 38.8 Å². The second kappa shape index (κ2) is 3.35. The maximum atomic E-state index is 6.10. The van der Waals surface area contributed by atoms with Gasteiger partial charge in [0.25, 0.3) is 0 Å². The Kier molecular flexibility index (Phi) is 2.37. The Labute approximate surface area is 75.1 Å². The van der Waals surface area contributed by atoms with E-state index in [4.69, 9.17) is 5.73 Å². The van der Waals surface area contributed by atoms with Gasteiger partial charge in [0, 0.05) is 18.6 Å². The molecule has 2 heteroatoms. The van der Waals surface area contributed by atoms with Gasteiger partial charge < -0.3 is 5.73 Å². The maximum absolute atomic E-state index is 6.10. The number of fused-ring (bicyclic) bond motifs is 3. The van der Waals surface area contributed by atoms with Crippen LogP contribution in [0.4, 0.5) is 0 Å². The van der Waals surface area contributed by atoms with Crippen LogP contribution in [-0.4, -0.2) is 30.1 Å². The van der Waals surface area contributed by atoms with E-state index in [9.17, 15) is 0 Å². The van der Waals surface area contributed by atoms with Crippen LogP contribution >= 0.6 is 0 Å². The number of nitrogens with zero attached hydrogens (tertiary/aromatic N) is 1. The van der Waals surface area contributed by atoms with Crippen molar-refractivity contribution in [1.29, 1.82) is 0 Å². The molecule has 70 valence electrons. The summed E-state index contributed by atoms with van der Waals surface area (Å²) in [7, 11) is 0. The quantitative estimate of drug-likeness (QED) is 0.671. The molecule has 0 aromatic carbocycles. The second-order valence-corrected chi connectivity index (χ2v) is 4.41. The molecule has 0 amide bonds. The van der Waals surface area contributed by atoms with Gasteiger partial charge in [-0.1, -0.05) is 6.92 Å². The van der Waals surface area contributed by atoms with Crippen LogP contribution in [0.2, 0.25) is 0 Å². The van der Waals surface area contributed by atoms with Crippen LogP contribution in [0.1, 0.15) is 32.6 Å². The summed E-state index contributed by atoms with van der Waals surface area (Å²) in [5, 5.41) is 0. The Balaban J connectivity index is 1.99. The molecule has 0 aromatic heterocycles. The van der Waals surface area contributed by atoms with Crippen molar-refractivity contribution < 1.29 is 0 Å². The average molecular weight is 168 g/mol. The molecule has 1 aliphatic carbocycles. The van der Waals surface area contributed by atoms with Gasteiger partial charge in [0.05, 0.1) is 0 Å². The van der Waals surface area contributed by atoms with E-state index in [2.05, 4.69) is 11.8 Å². The monoisotopic (exact) mass is 168 g/mol.